The van der Waals surface area contributed by atoms with Crippen molar-refractivity contribution in [3.8, 4) is 17.2 Å². The van der Waals surface area contributed by atoms with Crippen LogP contribution >= 0.6 is 0 Å². The molecule has 0 aliphatic rings. The van der Waals surface area contributed by atoms with Gasteiger partial charge in [-0.1, -0.05) is 24.3 Å². The molecule has 6 nitrogen and oxygen atoms in total. The van der Waals surface area contributed by atoms with Crippen molar-refractivity contribution in [3.05, 3.63) is 65.7 Å². The van der Waals surface area contributed by atoms with E-state index in [1.54, 1.807) is 24.3 Å². The highest BCUT2D eigenvalue weighted by Crippen LogP contribution is 2.28. The Hall–Kier alpha value is -3.54. The van der Waals surface area contributed by atoms with Gasteiger partial charge in [0, 0.05) is 6.07 Å². The number of carbonyl (C=O) groups excluding carboxylic acids is 1. The molecule has 0 saturated carbocycles. The summed E-state index contributed by atoms with van der Waals surface area (Å²) < 4.78 is 5.08. The van der Waals surface area contributed by atoms with E-state index >= 15 is 0 Å². The molecule has 3 rings (SSSR count). The summed E-state index contributed by atoms with van der Waals surface area (Å²) in [5, 5.41) is 30.0. The zero-order valence-corrected chi connectivity index (χ0v) is 12.3. The number of hydrogen-bond acceptors (Lipinski definition) is 5. The van der Waals surface area contributed by atoms with E-state index in [4.69, 9.17) is 9.84 Å². The van der Waals surface area contributed by atoms with Crippen LogP contribution in [0.4, 0.5) is 0 Å². The molecule has 0 amide bonds. The van der Waals surface area contributed by atoms with Gasteiger partial charge in [-0.2, -0.15) is 0 Å². The highest BCUT2D eigenvalue weighted by Gasteiger charge is 2.16. The fraction of sp³-hybridized carbons (Fsp3) is 0. The highest BCUT2D eigenvalue weighted by molar-refractivity contribution is 5.99. The van der Waals surface area contributed by atoms with E-state index in [9.17, 15) is 19.8 Å². The molecule has 0 unspecified atom stereocenters. The van der Waals surface area contributed by atoms with Gasteiger partial charge in [0.05, 0.1) is 5.56 Å². The molecule has 0 aliphatic carbocycles. The fourth-order valence-electron chi connectivity index (χ4n) is 2.32. The van der Waals surface area contributed by atoms with Crippen LogP contribution in [0.5, 0.6) is 17.2 Å². The maximum atomic E-state index is 12.3. The highest BCUT2D eigenvalue weighted by atomic mass is 16.5. The van der Waals surface area contributed by atoms with Crippen molar-refractivity contribution in [2.75, 3.05) is 0 Å². The average molecular weight is 324 g/mol. The average Bonchev–Trinajstić information content (AvgIpc) is 2.53. The van der Waals surface area contributed by atoms with Gasteiger partial charge >= 0.3 is 11.9 Å². The molecule has 0 atom stereocenters. The first-order valence-corrected chi connectivity index (χ1v) is 6.95. The third kappa shape index (κ3) is 2.98. The number of esters is 1. The van der Waals surface area contributed by atoms with Gasteiger partial charge < -0.3 is 20.1 Å². The second-order valence-corrected chi connectivity index (χ2v) is 5.13. The molecule has 3 aromatic carbocycles. The second-order valence-electron chi connectivity index (χ2n) is 5.13. The van der Waals surface area contributed by atoms with E-state index in [0.29, 0.717) is 0 Å². The van der Waals surface area contributed by atoms with Crippen LogP contribution in [0.3, 0.4) is 0 Å². The van der Waals surface area contributed by atoms with E-state index in [0.717, 1.165) is 29.0 Å². The Labute approximate surface area is 136 Å². The number of carbonyl (C=O) groups is 2. The Bertz CT molecular complexity index is 961. The molecular weight excluding hydrogens is 312 g/mol. The molecule has 120 valence electrons. The number of ether oxygens (including phenoxy) is 1. The zero-order valence-electron chi connectivity index (χ0n) is 12.3. The van der Waals surface area contributed by atoms with Crippen molar-refractivity contribution in [1.82, 2.24) is 0 Å². The Morgan fingerprint density at radius 2 is 1.54 bits per heavy atom. The van der Waals surface area contributed by atoms with Gasteiger partial charge in [0.2, 0.25) is 0 Å². The molecule has 6 heteroatoms. The first-order valence-electron chi connectivity index (χ1n) is 6.95. The van der Waals surface area contributed by atoms with Crippen LogP contribution < -0.4 is 4.74 Å². The van der Waals surface area contributed by atoms with E-state index in [1.165, 1.54) is 12.1 Å². The van der Waals surface area contributed by atoms with Gasteiger partial charge in [-0.05, 0) is 35.0 Å². The number of aromatic hydroxyl groups is 2. The predicted octanol–water partition coefficient (Wildman–Crippen LogP) is 3.17. The smallest absolute Gasteiger partial charge is 0.347 e. The number of hydrogen-bond donors (Lipinski definition) is 3. The van der Waals surface area contributed by atoms with Crippen LogP contribution in [0.1, 0.15) is 20.7 Å². The topological polar surface area (TPSA) is 104 Å². The molecule has 24 heavy (non-hydrogen) atoms. The molecule has 0 bridgehead atoms. The zero-order chi connectivity index (χ0) is 17.3. The van der Waals surface area contributed by atoms with E-state index < -0.39 is 11.9 Å². The van der Waals surface area contributed by atoms with Gasteiger partial charge in [-0.3, -0.25) is 0 Å². The number of carboxylic acids is 1. The minimum absolute atomic E-state index is 0.0612. The van der Waals surface area contributed by atoms with Gasteiger partial charge in [0.1, 0.15) is 22.8 Å². The summed E-state index contributed by atoms with van der Waals surface area (Å²) in [5.41, 5.74) is -0.283. The van der Waals surface area contributed by atoms with Crippen molar-refractivity contribution in [3.63, 3.8) is 0 Å². The first kappa shape index (κ1) is 15.4. The number of carboxylic acid groups (broad SMARTS) is 1. The van der Waals surface area contributed by atoms with Crippen LogP contribution in [-0.4, -0.2) is 27.3 Å². The minimum atomic E-state index is -1.27. The van der Waals surface area contributed by atoms with Gasteiger partial charge in [0.15, 0.2) is 0 Å². The summed E-state index contributed by atoms with van der Waals surface area (Å²) >= 11 is 0. The maximum Gasteiger partial charge on any atom is 0.347 e. The van der Waals surface area contributed by atoms with E-state index in [1.807, 2.05) is 0 Å². The molecule has 3 aromatic rings. The van der Waals surface area contributed by atoms with Crippen molar-refractivity contribution < 1.29 is 29.6 Å². The Kier molecular flexibility index (Phi) is 3.79. The van der Waals surface area contributed by atoms with E-state index in [-0.39, 0.29) is 28.4 Å². The molecule has 0 heterocycles. The number of fused-ring (bicyclic) bond motifs is 1. The number of benzene rings is 3. The SMILES string of the molecule is O=C(O)c1cc(O)cc(OC(=O)c2cc3ccccc3cc2O)c1. The monoisotopic (exact) mass is 324 g/mol. The molecule has 0 spiro atoms. The van der Waals surface area contributed by atoms with E-state index in [2.05, 4.69) is 0 Å². The van der Waals surface area contributed by atoms with Gasteiger partial charge in [0.25, 0.3) is 0 Å². The fourth-order valence-corrected chi connectivity index (χ4v) is 2.32. The van der Waals surface area contributed by atoms with Crippen LogP contribution in [-0.2, 0) is 0 Å². The van der Waals surface area contributed by atoms with Crippen LogP contribution in [0.25, 0.3) is 10.8 Å². The lowest BCUT2D eigenvalue weighted by atomic mass is 10.1. The number of phenolic OH excluding ortho intramolecular Hbond substituents is 2. The maximum absolute atomic E-state index is 12.3. The third-order valence-corrected chi connectivity index (χ3v) is 3.43. The van der Waals surface area contributed by atoms with Crippen molar-refractivity contribution in [1.29, 1.82) is 0 Å². The Morgan fingerprint density at radius 3 is 2.21 bits per heavy atom. The summed E-state index contributed by atoms with van der Waals surface area (Å²) in [6, 6.07) is 13.3. The van der Waals surface area contributed by atoms with Gasteiger partial charge in [-0.25, -0.2) is 9.59 Å². The number of phenols is 2. The molecule has 3 N–H and O–H groups in total. The molecule has 0 radical (unpaired) electrons. The largest absolute Gasteiger partial charge is 0.508 e. The van der Waals surface area contributed by atoms with Gasteiger partial charge in [-0.15, -0.1) is 0 Å². The Balaban J connectivity index is 1.95. The van der Waals surface area contributed by atoms with Crippen LogP contribution in [0.2, 0.25) is 0 Å². The number of rotatable bonds is 3. The van der Waals surface area contributed by atoms with Crippen LogP contribution in [0, 0.1) is 0 Å². The lowest BCUT2D eigenvalue weighted by Gasteiger charge is -2.08. The molecule has 0 fully saturated rings. The van der Waals surface area contributed by atoms with Crippen molar-refractivity contribution >= 4 is 22.7 Å². The first-order chi connectivity index (χ1) is 11.4. The quantitative estimate of drug-likeness (QED) is 0.505. The molecule has 0 aromatic heterocycles. The normalized spacial score (nSPS) is 10.5. The summed E-state index contributed by atoms with van der Waals surface area (Å²) in [6.45, 7) is 0. The molecular formula is C18H12O6. The number of aromatic carboxylic acids is 1. The lowest BCUT2D eigenvalue weighted by molar-refractivity contribution is 0.0686. The standard InChI is InChI=1S/C18H12O6/c19-13-5-12(17(21)22)6-14(9-13)24-18(23)15-7-10-3-1-2-4-11(10)8-16(15)20/h1-9,19-20H,(H,21,22). The van der Waals surface area contributed by atoms with Crippen LogP contribution in [0.15, 0.2) is 54.6 Å². The van der Waals surface area contributed by atoms with Crippen molar-refractivity contribution in [2.24, 2.45) is 0 Å². The summed E-state index contributed by atoms with van der Waals surface area (Å²) in [7, 11) is 0. The summed E-state index contributed by atoms with van der Waals surface area (Å²) in [5.74, 6) is -2.86. The Morgan fingerprint density at radius 1 is 0.875 bits per heavy atom. The molecule has 0 aliphatic heterocycles. The minimum Gasteiger partial charge on any atom is -0.508 e. The lowest BCUT2D eigenvalue weighted by Crippen LogP contribution is -2.09. The second kappa shape index (κ2) is 5.92. The predicted molar refractivity (Wildman–Crippen MR) is 85.6 cm³/mol. The third-order valence-electron chi connectivity index (χ3n) is 3.43. The molecule has 0 saturated heterocycles. The van der Waals surface area contributed by atoms with Crippen molar-refractivity contribution in [2.45, 2.75) is 0 Å². The summed E-state index contributed by atoms with van der Waals surface area (Å²) in [4.78, 5) is 23.2. The summed E-state index contributed by atoms with van der Waals surface area (Å²) in [6.07, 6.45) is 0.